The molecule has 1 heterocycles. The number of hydrogen-bond acceptors (Lipinski definition) is 5. The number of carbonyl (C=O) groups excluding carboxylic acids is 3. The molecule has 0 atom stereocenters. The molecule has 1 N–H and O–H groups in total. The van der Waals surface area contributed by atoms with Crippen molar-refractivity contribution in [3.8, 4) is 0 Å². The molecule has 1 aromatic carbocycles. The van der Waals surface area contributed by atoms with Gasteiger partial charge in [0.1, 0.15) is 5.00 Å². The molecule has 166 valence electrons. The van der Waals surface area contributed by atoms with Crippen molar-refractivity contribution in [2.75, 3.05) is 11.9 Å². The molecule has 0 unspecified atom stereocenters. The third kappa shape index (κ3) is 5.73. The van der Waals surface area contributed by atoms with Gasteiger partial charge in [0.15, 0.2) is 6.61 Å². The SMILES string of the molecule is Cc1sc(NC(=O)C2CC2)c(C(=O)OCC(=O)N(Cc2ccccc2)C(C)(C)C)c1C. The van der Waals surface area contributed by atoms with Crippen LogP contribution in [0.25, 0.3) is 0 Å². The highest BCUT2D eigenvalue weighted by atomic mass is 32.1. The van der Waals surface area contributed by atoms with Crippen molar-refractivity contribution >= 4 is 34.1 Å². The van der Waals surface area contributed by atoms with E-state index in [-0.39, 0.29) is 24.3 Å². The number of esters is 1. The number of benzene rings is 1. The van der Waals surface area contributed by atoms with Crippen LogP contribution >= 0.6 is 11.3 Å². The minimum Gasteiger partial charge on any atom is -0.452 e. The summed E-state index contributed by atoms with van der Waals surface area (Å²) in [6.45, 7) is 9.66. The van der Waals surface area contributed by atoms with Crippen molar-refractivity contribution < 1.29 is 19.1 Å². The topological polar surface area (TPSA) is 75.7 Å². The van der Waals surface area contributed by atoms with Gasteiger partial charge in [-0.15, -0.1) is 11.3 Å². The van der Waals surface area contributed by atoms with E-state index in [1.54, 1.807) is 4.90 Å². The first-order valence-corrected chi connectivity index (χ1v) is 11.3. The molecule has 1 saturated carbocycles. The molecule has 0 aliphatic heterocycles. The minimum atomic E-state index is -0.588. The lowest BCUT2D eigenvalue weighted by molar-refractivity contribution is -0.140. The van der Waals surface area contributed by atoms with Crippen LogP contribution in [0.3, 0.4) is 0 Å². The van der Waals surface area contributed by atoms with E-state index in [1.807, 2.05) is 65.0 Å². The van der Waals surface area contributed by atoms with E-state index in [4.69, 9.17) is 4.74 Å². The molecule has 0 bridgehead atoms. The number of anilines is 1. The monoisotopic (exact) mass is 442 g/mol. The Balaban J connectivity index is 1.70. The zero-order valence-electron chi connectivity index (χ0n) is 18.8. The second-order valence-electron chi connectivity index (χ2n) is 8.96. The van der Waals surface area contributed by atoms with Gasteiger partial charge < -0.3 is 15.0 Å². The van der Waals surface area contributed by atoms with Crippen molar-refractivity contribution in [1.29, 1.82) is 0 Å². The molecular formula is C24H30N2O4S. The Morgan fingerprint density at radius 2 is 1.77 bits per heavy atom. The number of rotatable bonds is 7. The van der Waals surface area contributed by atoms with Crippen molar-refractivity contribution in [1.82, 2.24) is 4.90 Å². The summed E-state index contributed by atoms with van der Waals surface area (Å²) in [6.07, 6.45) is 1.76. The summed E-state index contributed by atoms with van der Waals surface area (Å²) < 4.78 is 5.42. The van der Waals surface area contributed by atoms with Crippen LogP contribution in [0.5, 0.6) is 0 Å². The average molecular weight is 443 g/mol. The third-order valence-electron chi connectivity index (χ3n) is 5.40. The van der Waals surface area contributed by atoms with E-state index < -0.39 is 11.5 Å². The first kappa shape index (κ1) is 23.0. The van der Waals surface area contributed by atoms with E-state index in [0.717, 1.165) is 28.8 Å². The molecule has 1 aliphatic rings. The summed E-state index contributed by atoms with van der Waals surface area (Å²) in [4.78, 5) is 40.7. The van der Waals surface area contributed by atoms with Gasteiger partial charge in [0.05, 0.1) is 5.56 Å². The van der Waals surface area contributed by atoms with Gasteiger partial charge in [-0.1, -0.05) is 30.3 Å². The van der Waals surface area contributed by atoms with Crippen LogP contribution in [0, 0.1) is 19.8 Å². The molecule has 0 saturated heterocycles. The van der Waals surface area contributed by atoms with Crippen LogP contribution in [0.4, 0.5) is 5.00 Å². The van der Waals surface area contributed by atoms with Crippen molar-refractivity contribution in [2.24, 2.45) is 5.92 Å². The summed E-state index contributed by atoms with van der Waals surface area (Å²) >= 11 is 1.36. The number of aryl methyl sites for hydroxylation is 1. The molecule has 0 spiro atoms. The molecule has 0 radical (unpaired) electrons. The Kier molecular flexibility index (Phi) is 6.84. The number of hydrogen-bond donors (Lipinski definition) is 1. The predicted octanol–water partition coefficient (Wildman–Crippen LogP) is 4.70. The van der Waals surface area contributed by atoms with Gasteiger partial charge in [0.2, 0.25) is 5.91 Å². The van der Waals surface area contributed by atoms with Gasteiger partial charge in [0, 0.05) is 22.9 Å². The van der Waals surface area contributed by atoms with Gasteiger partial charge in [0.25, 0.3) is 5.91 Å². The average Bonchev–Trinajstić information content (AvgIpc) is 3.51. The maximum atomic E-state index is 13.0. The summed E-state index contributed by atoms with van der Waals surface area (Å²) in [5.41, 5.74) is 1.68. The summed E-state index contributed by atoms with van der Waals surface area (Å²) in [5, 5.41) is 3.37. The fourth-order valence-electron chi connectivity index (χ4n) is 3.26. The molecular weight excluding hydrogens is 412 g/mol. The summed E-state index contributed by atoms with van der Waals surface area (Å²) in [6, 6.07) is 9.72. The molecule has 7 heteroatoms. The van der Waals surface area contributed by atoms with Crippen LogP contribution < -0.4 is 5.32 Å². The summed E-state index contributed by atoms with van der Waals surface area (Å²) in [5.74, 6) is -0.882. The van der Waals surface area contributed by atoms with Gasteiger partial charge in [-0.3, -0.25) is 9.59 Å². The molecule has 1 aliphatic carbocycles. The van der Waals surface area contributed by atoms with Crippen molar-refractivity contribution in [3.63, 3.8) is 0 Å². The molecule has 31 heavy (non-hydrogen) atoms. The van der Waals surface area contributed by atoms with Crippen LogP contribution in [0.15, 0.2) is 30.3 Å². The number of carbonyl (C=O) groups is 3. The Morgan fingerprint density at radius 1 is 1.13 bits per heavy atom. The highest BCUT2D eigenvalue weighted by Crippen LogP contribution is 2.36. The number of ether oxygens (including phenoxy) is 1. The normalized spacial score (nSPS) is 13.6. The summed E-state index contributed by atoms with van der Waals surface area (Å²) in [7, 11) is 0. The maximum absolute atomic E-state index is 13.0. The standard InChI is InChI=1S/C24H30N2O4S/c1-15-16(2)31-22(25-21(28)18-11-12-18)20(15)23(29)30-14-19(27)26(24(3,4)5)13-17-9-7-6-8-10-17/h6-10,18H,11-14H2,1-5H3,(H,25,28). The molecule has 3 rings (SSSR count). The Morgan fingerprint density at radius 3 is 2.35 bits per heavy atom. The lowest BCUT2D eigenvalue weighted by Crippen LogP contribution is -2.46. The quantitative estimate of drug-likeness (QED) is 0.631. The van der Waals surface area contributed by atoms with Crippen LogP contribution in [0.2, 0.25) is 0 Å². The minimum absolute atomic E-state index is 0.0338. The number of thiophene rings is 1. The van der Waals surface area contributed by atoms with Gasteiger partial charge in [-0.25, -0.2) is 4.79 Å². The number of amides is 2. The molecule has 6 nitrogen and oxygen atoms in total. The second kappa shape index (κ2) is 9.22. The molecule has 1 aromatic heterocycles. The fourth-order valence-corrected chi connectivity index (χ4v) is 4.31. The second-order valence-corrected chi connectivity index (χ2v) is 10.2. The van der Waals surface area contributed by atoms with Gasteiger partial charge >= 0.3 is 5.97 Å². The zero-order valence-corrected chi connectivity index (χ0v) is 19.6. The fraction of sp³-hybridized carbons (Fsp3) is 0.458. The highest BCUT2D eigenvalue weighted by Gasteiger charge is 2.32. The third-order valence-corrected chi connectivity index (χ3v) is 6.52. The van der Waals surface area contributed by atoms with Crippen LogP contribution in [-0.2, 0) is 20.9 Å². The van der Waals surface area contributed by atoms with E-state index >= 15 is 0 Å². The van der Waals surface area contributed by atoms with E-state index in [0.29, 0.717) is 17.1 Å². The Hall–Kier alpha value is -2.67. The van der Waals surface area contributed by atoms with E-state index in [2.05, 4.69) is 5.32 Å². The lowest BCUT2D eigenvalue weighted by Gasteiger charge is -2.35. The molecule has 2 amide bonds. The van der Waals surface area contributed by atoms with Gasteiger partial charge in [-0.2, -0.15) is 0 Å². The Labute approximate surface area is 187 Å². The first-order valence-electron chi connectivity index (χ1n) is 10.5. The predicted molar refractivity (Wildman–Crippen MR) is 122 cm³/mol. The highest BCUT2D eigenvalue weighted by molar-refractivity contribution is 7.16. The molecule has 2 aromatic rings. The number of nitrogens with one attached hydrogen (secondary N) is 1. The smallest absolute Gasteiger partial charge is 0.341 e. The zero-order chi connectivity index (χ0) is 22.8. The van der Waals surface area contributed by atoms with Crippen LogP contribution in [0.1, 0.15) is 60.0 Å². The molecule has 1 fully saturated rings. The van der Waals surface area contributed by atoms with E-state index in [9.17, 15) is 14.4 Å². The first-order chi connectivity index (χ1) is 14.6. The lowest BCUT2D eigenvalue weighted by atomic mass is 10.0. The Bertz CT molecular complexity index is 971. The number of nitrogens with zero attached hydrogens (tertiary/aromatic N) is 1. The van der Waals surface area contributed by atoms with Gasteiger partial charge in [-0.05, 0) is 58.6 Å². The largest absolute Gasteiger partial charge is 0.452 e. The van der Waals surface area contributed by atoms with E-state index in [1.165, 1.54) is 11.3 Å². The van der Waals surface area contributed by atoms with Crippen molar-refractivity contribution in [3.05, 3.63) is 51.9 Å². The maximum Gasteiger partial charge on any atom is 0.341 e. The van der Waals surface area contributed by atoms with Crippen molar-refractivity contribution in [2.45, 2.75) is 59.5 Å². The van der Waals surface area contributed by atoms with Crippen LogP contribution in [-0.4, -0.2) is 34.8 Å².